The van der Waals surface area contributed by atoms with Crippen molar-refractivity contribution in [1.82, 2.24) is 0 Å². The number of nitrogens with zero attached hydrogens (tertiary/aromatic N) is 1. The summed E-state index contributed by atoms with van der Waals surface area (Å²) in [5.74, 6) is 2.09. The van der Waals surface area contributed by atoms with Gasteiger partial charge in [0.1, 0.15) is 23.1 Å². The number of esters is 1. The molecule has 0 radical (unpaired) electrons. The minimum absolute atomic E-state index is 0.0294. The number of ether oxygens (including phenoxy) is 4. The summed E-state index contributed by atoms with van der Waals surface area (Å²) in [4.78, 5) is 12.9. The van der Waals surface area contributed by atoms with Gasteiger partial charge in [0.05, 0.1) is 25.6 Å². The Morgan fingerprint density at radius 2 is 1.89 bits per heavy atom. The van der Waals surface area contributed by atoms with Crippen LogP contribution in [-0.4, -0.2) is 19.7 Å². The van der Waals surface area contributed by atoms with E-state index in [1.807, 2.05) is 31.2 Å². The molecule has 0 spiro atoms. The third-order valence-electron chi connectivity index (χ3n) is 7.38. The average Bonchev–Trinajstić information content (AvgIpc) is 2.91. The molecule has 2 N–H and O–H groups in total. The van der Waals surface area contributed by atoms with Crippen LogP contribution in [0.25, 0.3) is 0 Å². The zero-order valence-electron chi connectivity index (χ0n) is 21.9. The molecule has 1 unspecified atom stereocenters. The molecule has 0 bridgehead atoms. The number of hydrogen-bond donors (Lipinski definition) is 1. The summed E-state index contributed by atoms with van der Waals surface area (Å²) in [5, 5.41) is 9.88. The summed E-state index contributed by atoms with van der Waals surface area (Å²) in [7, 11) is 1.58. The van der Waals surface area contributed by atoms with E-state index in [4.69, 9.17) is 24.7 Å². The van der Waals surface area contributed by atoms with Crippen molar-refractivity contribution in [3.8, 4) is 29.1 Å². The van der Waals surface area contributed by atoms with E-state index in [1.54, 1.807) is 19.2 Å². The Balaban J connectivity index is 1.54. The second kappa shape index (κ2) is 12.1. The van der Waals surface area contributed by atoms with Gasteiger partial charge in [0.25, 0.3) is 0 Å². The minimum atomic E-state index is -0.457. The number of rotatable bonds is 9. The lowest BCUT2D eigenvalue weighted by Crippen LogP contribution is -2.26. The molecule has 1 heterocycles. The van der Waals surface area contributed by atoms with Gasteiger partial charge >= 0.3 is 5.97 Å². The van der Waals surface area contributed by atoms with E-state index in [-0.39, 0.29) is 17.8 Å². The lowest BCUT2D eigenvalue weighted by Gasteiger charge is -2.28. The highest BCUT2D eigenvalue weighted by Crippen LogP contribution is 2.45. The number of allylic oxidation sites excluding steroid dienone is 1. The Bertz CT molecular complexity index is 1190. The van der Waals surface area contributed by atoms with Gasteiger partial charge in [-0.05, 0) is 62.3 Å². The molecule has 1 fully saturated rings. The van der Waals surface area contributed by atoms with Gasteiger partial charge in [-0.2, -0.15) is 5.26 Å². The van der Waals surface area contributed by atoms with Crippen LogP contribution in [-0.2, 0) is 4.79 Å². The smallest absolute Gasteiger partial charge is 0.314 e. The Labute approximate surface area is 219 Å². The summed E-state index contributed by atoms with van der Waals surface area (Å²) in [6.45, 7) is 4.63. The van der Waals surface area contributed by atoms with Crippen LogP contribution in [0.1, 0.15) is 75.8 Å². The summed E-state index contributed by atoms with van der Waals surface area (Å²) in [6.07, 6.45) is 7.63. The Morgan fingerprint density at radius 1 is 1.11 bits per heavy atom. The van der Waals surface area contributed by atoms with Gasteiger partial charge < -0.3 is 24.7 Å². The maximum absolute atomic E-state index is 12.9. The molecule has 2 aromatic carbocycles. The number of unbranched alkanes of at least 4 members (excludes halogenated alkanes) is 1. The lowest BCUT2D eigenvalue weighted by atomic mass is 9.80. The number of hydrogen-bond acceptors (Lipinski definition) is 7. The van der Waals surface area contributed by atoms with Gasteiger partial charge in [-0.15, -0.1) is 0 Å². The first-order chi connectivity index (χ1) is 18.0. The van der Waals surface area contributed by atoms with Gasteiger partial charge in [-0.1, -0.05) is 38.3 Å². The summed E-state index contributed by atoms with van der Waals surface area (Å²) < 4.78 is 22.7. The maximum Gasteiger partial charge on any atom is 0.314 e. The third kappa shape index (κ3) is 5.85. The predicted octanol–water partition coefficient (Wildman–Crippen LogP) is 6.21. The van der Waals surface area contributed by atoms with Crippen LogP contribution >= 0.6 is 0 Å². The third-order valence-corrected chi connectivity index (χ3v) is 7.38. The normalized spacial score (nSPS) is 20.9. The van der Waals surface area contributed by atoms with Crippen molar-refractivity contribution >= 4 is 5.97 Å². The van der Waals surface area contributed by atoms with E-state index < -0.39 is 5.92 Å². The van der Waals surface area contributed by atoms with Crippen LogP contribution in [0.5, 0.6) is 23.0 Å². The second-order valence-electron chi connectivity index (χ2n) is 9.75. The van der Waals surface area contributed by atoms with E-state index in [0.717, 1.165) is 42.7 Å². The maximum atomic E-state index is 12.9. The molecule has 0 aromatic heterocycles. The summed E-state index contributed by atoms with van der Waals surface area (Å²) in [5.41, 5.74) is 8.05. The SMILES string of the molecule is CCCCC1CCC(C(=O)Oc2ccc3c(c2)OC(N)=C(C#N)C3c2ccc(OCC)c(OC)c2)CC1. The summed E-state index contributed by atoms with van der Waals surface area (Å²) >= 11 is 0. The highest BCUT2D eigenvalue weighted by Gasteiger charge is 2.32. The molecule has 0 amide bonds. The fourth-order valence-electron chi connectivity index (χ4n) is 5.36. The van der Waals surface area contributed by atoms with Crippen molar-refractivity contribution < 1.29 is 23.7 Å². The predicted molar refractivity (Wildman–Crippen MR) is 141 cm³/mol. The first kappa shape index (κ1) is 26.4. The van der Waals surface area contributed by atoms with Crippen LogP contribution in [0.4, 0.5) is 0 Å². The van der Waals surface area contributed by atoms with Crippen molar-refractivity contribution in [1.29, 1.82) is 5.26 Å². The monoisotopic (exact) mass is 504 g/mol. The first-order valence-corrected chi connectivity index (χ1v) is 13.2. The zero-order chi connectivity index (χ0) is 26.4. The molecule has 1 aliphatic heterocycles. The first-order valence-electron chi connectivity index (χ1n) is 13.2. The van der Waals surface area contributed by atoms with Crippen molar-refractivity contribution in [2.45, 2.75) is 64.7 Å². The number of benzene rings is 2. The standard InChI is InChI=1S/C30H36N2O5/c1-4-6-7-19-8-10-20(11-9-19)30(33)36-22-13-14-23-26(17-22)37-29(32)24(18-31)28(23)21-12-15-25(35-5-2)27(16-21)34-3/h12-17,19-20,28H,4-11,32H2,1-3H3. The van der Waals surface area contributed by atoms with Crippen molar-refractivity contribution in [3.63, 3.8) is 0 Å². The molecule has 1 atom stereocenters. The van der Waals surface area contributed by atoms with E-state index >= 15 is 0 Å². The van der Waals surface area contributed by atoms with Crippen molar-refractivity contribution in [2.75, 3.05) is 13.7 Å². The number of nitriles is 1. The fourth-order valence-corrected chi connectivity index (χ4v) is 5.36. The van der Waals surface area contributed by atoms with Crippen LogP contribution in [0.15, 0.2) is 47.9 Å². The van der Waals surface area contributed by atoms with Gasteiger partial charge in [0, 0.05) is 11.6 Å². The summed E-state index contributed by atoms with van der Waals surface area (Å²) in [6, 6.07) is 13.0. The van der Waals surface area contributed by atoms with Crippen LogP contribution in [0.3, 0.4) is 0 Å². The lowest BCUT2D eigenvalue weighted by molar-refractivity contribution is -0.140. The van der Waals surface area contributed by atoms with E-state index in [1.165, 1.54) is 19.3 Å². The number of nitrogens with two attached hydrogens (primary N) is 1. The highest BCUT2D eigenvalue weighted by atomic mass is 16.5. The number of carbonyl (C=O) groups excluding carboxylic acids is 1. The molecule has 1 saturated carbocycles. The van der Waals surface area contributed by atoms with E-state index in [2.05, 4.69) is 13.0 Å². The molecule has 37 heavy (non-hydrogen) atoms. The van der Waals surface area contributed by atoms with E-state index in [0.29, 0.717) is 35.2 Å². The molecule has 7 nitrogen and oxygen atoms in total. The molecule has 4 rings (SSSR count). The molecule has 0 saturated heterocycles. The van der Waals surface area contributed by atoms with Gasteiger partial charge in [0.15, 0.2) is 11.5 Å². The van der Waals surface area contributed by atoms with Gasteiger partial charge in [-0.3, -0.25) is 4.79 Å². The van der Waals surface area contributed by atoms with Crippen molar-refractivity contribution in [3.05, 3.63) is 59.0 Å². The quantitative estimate of drug-likeness (QED) is 0.320. The topological polar surface area (TPSA) is 104 Å². The average molecular weight is 505 g/mol. The van der Waals surface area contributed by atoms with Crippen LogP contribution in [0.2, 0.25) is 0 Å². The Morgan fingerprint density at radius 3 is 2.57 bits per heavy atom. The number of fused-ring (bicyclic) bond motifs is 1. The molecule has 1 aliphatic carbocycles. The highest BCUT2D eigenvalue weighted by molar-refractivity contribution is 5.75. The Hall–Kier alpha value is -3.66. The molecular formula is C30H36N2O5. The largest absolute Gasteiger partial charge is 0.493 e. The van der Waals surface area contributed by atoms with Crippen LogP contribution in [0, 0.1) is 23.2 Å². The molecule has 196 valence electrons. The number of carbonyl (C=O) groups is 1. The second-order valence-corrected chi connectivity index (χ2v) is 9.75. The van der Waals surface area contributed by atoms with Crippen LogP contribution < -0.4 is 24.7 Å². The van der Waals surface area contributed by atoms with E-state index in [9.17, 15) is 10.1 Å². The molecule has 2 aromatic rings. The fraction of sp³-hybridized carbons (Fsp3) is 0.467. The van der Waals surface area contributed by atoms with Crippen molar-refractivity contribution in [2.24, 2.45) is 17.6 Å². The molecule has 2 aliphatic rings. The van der Waals surface area contributed by atoms with Gasteiger partial charge in [-0.25, -0.2) is 0 Å². The molecular weight excluding hydrogens is 468 g/mol. The zero-order valence-corrected chi connectivity index (χ0v) is 21.9. The molecule has 7 heteroatoms. The Kier molecular flexibility index (Phi) is 8.60. The minimum Gasteiger partial charge on any atom is -0.493 e. The number of methoxy groups -OCH3 is 1. The van der Waals surface area contributed by atoms with Gasteiger partial charge in [0.2, 0.25) is 5.88 Å².